The second kappa shape index (κ2) is 10.2. The molecule has 1 atom stereocenters. The van der Waals surface area contributed by atoms with Gasteiger partial charge >= 0.3 is 5.97 Å². The Labute approximate surface area is 119 Å². The molecule has 0 fully saturated rings. The zero-order valence-corrected chi connectivity index (χ0v) is 12.3. The van der Waals surface area contributed by atoms with Crippen LogP contribution in [0, 0.1) is 5.92 Å². The highest BCUT2D eigenvalue weighted by molar-refractivity contribution is 5.87. The Hall–Kier alpha value is -1.63. The van der Waals surface area contributed by atoms with Crippen molar-refractivity contribution in [1.29, 1.82) is 0 Å². The van der Waals surface area contributed by atoms with Crippen LogP contribution in [0.4, 0.5) is 0 Å². The van der Waals surface area contributed by atoms with Gasteiger partial charge in [-0.15, -0.1) is 0 Å². The highest BCUT2D eigenvalue weighted by atomic mass is 16.5. The van der Waals surface area contributed by atoms with E-state index in [0.717, 1.165) is 0 Å². The number of carboxylic acids is 1. The molecule has 0 aromatic rings. The first-order chi connectivity index (χ1) is 9.36. The van der Waals surface area contributed by atoms with Gasteiger partial charge in [-0.25, -0.2) is 4.79 Å². The normalized spacial score (nSPS) is 12.0. The first kappa shape index (κ1) is 18.4. The molecule has 116 valence electrons. The van der Waals surface area contributed by atoms with Crippen LogP contribution < -0.4 is 10.6 Å². The lowest BCUT2D eigenvalue weighted by Gasteiger charge is -2.16. The average Bonchev–Trinajstić information content (AvgIpc) is 2.35. The van der Waals surface area contributed by atoms with Crippen molar-refractivity contribution in [1.82, 2.24) is 10.6 Å². The minimum atomic E-state index is -1.07. The first-order valence-electron chi connectivity index (χ1n) is 6.73. The molecule has 0 aromatic carbocycles. The van der Waals surface area contributed by atoms with Crippen molar-refractivity contribution >= 4 is 17.8 Å². The molecule has 0 unspecified atom stereocenters. The summed E-state index contributed by atoms with van der Waals surface area (Å²) in [6.07, 6.45) is 0.523. The standard InChI is InChI=1S/C13H24N2O5/c1-4-20-6-5-11(16)14-8-12(17)15-10(13(18)19)7-9(2)3/h9-10H,4-8H2,1-3H3,(H,14,16)(H,15,17)(H,18,19)/t10-/m0/s1. The second-order valence-electron chi connectivity index (χ2n) is 4.81. The van der Waals surface area contributed by atoms with Crippen LogP contribution in [0.5, 0.6) is 0 Å². The SMILES string of the molecule is CCOCCC(=O)NCC(=O)N[C@@H](CC(C)C)C(=O)O. The number of ether oxygens (including phenoxy) is 1. The van der Waals surface area contributed by atoms with Crippen molar-refractivity contribution in [3.8, 4) is 0 Å². The van der Waals surface area contributed by atoms with Crippen LogP contribution in [-0.4, -0.2) is 48.7 Å². The third-order valence-electron chi connectivity index (χ3n) is 2.46. The molecular weight excluding hydrogens is 264 g/mol. The molecular formula is C13H24N2O5. The Bertz CT molecular complexity index is 331. The number of nitrogens with one attached hydrogen (secondary N) is 2. The molecule has 0 spiro atoms. The van der Waals surface area contributed by atoms with Gasteiger partial charge < -0.3 is 20.5 Å². The molecule has 7 nitrogen and oxygen atoms in total. The monoisotopic (exact) mass is 288 g/mol. The number of carboxylic acid groups (broad SMARTS) is 1. The Kier molecular flexibility index (Phi) is 9.36. The number of aliphatic carboxylic acids is 1. The Morgan fingerprint density at radius 2 is 1.85 bits per heavy atom. The van der Waals surface area contributed by atoms with Crippen molar-refractivity contribution < 1.29 is 24.2 Å². The molecule has 0 aliphatic rings. The zero-order chi connectivity index (χ0) is 15.5. The summed E-state index contributed by atoms with van der Waals surface area (Å²) >= 11 is 0. The fourth-order valence-corrected chi connectivity index (χ4v) is 1.51. The molecule has 0 aromatic heterocycles. The van der Waals surface area contributed by atoms with Crippen LogP contribution in [0.3, 0.4) is 0 Å². The predicted molar refractivity (Wildman–Crippen MR) is 73.1 cm³/mol. The lowest BCUT2D eigenvalue weighted by Crippen LogP contribution is -2.46. The number of hydrogen-bond donors (Lipinski definition) is 3. The van der Waals surface area contributed by atoms with Gasteiger partial charge in [0, 0.05) is 13.0 Å². The molecule has 0 heterocycles. The van der Waals surface area contributed by atoms with Crippen molar-refractivity contribution in [2.75, 3.05) is 19.8 Å². The van der Waals surface area contributed by atoms with Gasteiger partial charge in [0.25, 0.3) is 0 Å². The lowest BCUT2D eigenvalue weighted by molar-refractivity contribution is -0.142. The zero-order valence-electron chi connectivity index (χ0n) is 12.3. The van der Waals surface area contributed by atoms with Crippen molar-refractivity contribution in [2.45, 2.75) is 39.7 Å². The van der Waals surface area contributed by atoms with Gasteiger partial charge in [-0.2, -0.15) is 0 Å². The van der Waals surface area contributed by atoms with Gasteiger partial charge in [-0.3, -0.25) is 9.59 Å². The summed E-state index contributed by atoms with van der Waals surface area (Å²) in [5.74, 6) is -1.74. The molecule has 0 saturated carbocycles. The summed E-state index contributed by atoms with van der Waals surface area (Å²) in [6, 6.07) is -0.928. The molecule has 0 saturated heterocycles. The van der Waals surface area contributed by atoms with Gasteiger partial charge in [0.05, 0.1) is 13.2 Å². The summed E-state index contributed by atoms with van der Waals surface area (Å²) in [7, 11) is 0. The minimum absolute atomic E-state index is 0.150. The first-order valence-corrected chi connectivity index (χ1v) is 6.73. The van der Waals surface area contributed by atoms with E-state index in [0.29, 0.717) is 19.6 Å². The van der Waals surface area contributed by atoms with E-state index in [1.807, 2.05) is 20.8 Å². The maximum Gasteiger partial charge on any atom is 0.326 e. The Balaban J connectivity index is 4.01. The van der Waals surface area contributed by atoms with E-state index in [2.05, 4.69) is 10.6 Å². The van der Waals surface area contributed by atoms with E-state index in [1.54, 1.807) is 0 Å². The van der Waals surface area contributed by atoms with Crippen LogP contribution in [0.1, 0.15) is 33.6 Å². The minimum Gasteiger partial charge on any atom is -0.480 e. The second-order valence-corrected chi connectivity index (χ2v) is 4.81. The van der Waals surface area contributed by atoms with E-state index >= 15 is 0 Å². The van der Waals surface area contributed by atoms with Gasteiger partial charge in [-0.05, 0) is 19.3 Å². The molecule has 0 rings (SSSR count). The van der Waals surface area contributed by atoms with Crippen molar-refractivity contribution in [3.63, 3.8) is 0 Å². The maximum atomic E-state index is 11.6. The van der Waals surface area contributed by atoms with Crippen LogP contribution in [0.15, 0.2) is 0 Å². The average molecular weight is 288 g/mol. The number of carbonyl (C=O) groups excluding carboxylic acids is 2. The number of carbonyl (C=O) groups is 3. The molecule has 3 N–H and O–H groups in total. The summed E-state index contributed by atoms with van der Waals surface area (Å²) in [6.45, 7) is 6.17. The molecule has 0 aliphatic carbocycles. The van der Waals surface area contributed by atoms with Gasteiger partial charge in [0.15, 0.2) is 0 Å². The highest BCUT2D eigenvalue weighted by Crippen LogP contribution is 2.04. The van der Waals surface area contributed by atoms with E-state index in [9.17, 15) is 14.4 Å². The smallest absolute Gasteiger partial charge is 0.326 e. The fourth-order valence-electron chi connectivity index (χ4n) is 1.51. The number of amides is 2. The van der Waals surface area contributed by atoms with Crippen LogP contribution in [-0.2, 0) is 19.1 Å². The lowest BCUT2D eigenvalue weighted by atomic mass is 10.0. The third-order valence-corrected chi connectivity index (χ3v) is 2.46. The fraction of sp³-hybridized carbons (Fsp3) is 0.769. The Morgan fingerprint density at radius 3 is 2.35 bits per heavy atom. The summed E-state index contributed by atoms with van der Waals surface area (Å²) in [4.78, 5) is 33.9. The topological polar surface area (TPSA) is 105 Å². The van der Waals surface area contributed by atoms with E-state index in [1.165, 1.54) is 0 Å². The van der Waals surface area contributed by atoms with Crippen molar-refractivity contribution in [2.24, 2.45) is 5.92 Å². The van der Waals surface area contributed by atoms with Crippen LogP contribution in [0.25, 0.3) is 0 Å². The highest BCUT2D eigenvalue weighted by Gasteiger charge is 2.20. The van der Waals surface area contributed by atoms with Gasteiger partial charge in [0.1, 0.15) is 6.04 Å². The van der Waals surface area contributed by atoms with Crippen LogP contribution in [0.2, 0.25) is 0 Å². The maximum absolute atomic E-state index is 11.6. The van der Waals surface area contributed by atoms with E-state index < -0.39 is 17.9 Å². The predicted octanol–water partition coefficient (Wildman–Crippen LogP) is 0.145. The quantitative estimate of drug-likeness (QED) is 0.496. The summed E-state index contributed by atoms with van der Waals surface area (Å²) < 4.78 is 5.01. The molecule has 0 bridgehead atoms. The summed E-state index contributed by atoms with van der Waals surface area (Å²) in [5, 5.41) is 13.8. The molecule has 0 aliphatic heterocycles. The number of rotatable bonds is 10. The van der Waals surface area contributed by atoms with Gasteiger partial charge in [0.2, 0.25) is 11.8 Å². The van der Waals surface area contributed by atoms with E-state index in [4.69, 9.17) is 9.84 Å². The van der Waals surface area contributed by atoms with E-state index in [-0.39, 0.29) is 24.8 Å². The van der Waals surface area contributed by atoms with Gasteiger partial charge in [-0.1, -0.05) is 13.8 Å². The van der Waals surface area contributed by atoms with Crippen molar-refractivity contribution in [3.05, 3.63) is 0 Å². The summed E-state index contributed by atoms with van der Waals surface area (Å²) in [5.41, 5.74) is 0. The molecule has 2 amide bonds. The molecule has 20 heavy (non-hydrogen) atoms. The number of hydrogen-bond acceptors (Lipinski definition) is 4. The third kappa shape index (κ3) is 9.32. The Morgan fingerprint density at radius 1 is 1.20 bits per heavy atom. The molecule has 7 heteroatoms. The largest absolute Gasteiger partial charge is 0.480 e. The molecule has 0 radical (unpaired) electrons. The van der Waals surface area contributed by atoms with Crippen LogP contribution >= 0.6 is 0 Å².